The second kappa shape index (κ2) is 18.5. The number of carbonyl (C=O) groups is 8. The molecule has 2 aliphatic rings. The second-order valence-corrected chi connectivity index (χ2v) is 12.4. The molecular formula is C29H48N8O13. The molecular weight excluding hydrogens is 668 g/mol. The van der Waals surface area contributed by atoms with E-state index in [1.165, 1.54) is 16.7 Å². The molecule has 2 rings (SSSR count). The first-order valence-corrected chi connectivity index (χ1v) is 16.1. The fraction of sp³-hybridized carbons (Fsp3) is 0.724. The van der Waals surface area contributed by atoms with Gasteiger partial charge in [-0.05, 0) is 46.5 Å². The van der Waals surface area contributed by atoms with Crippen molar-refractivity contribution in [2.45, 2.75) is 113 Å². The molecule has 21 heteroatoms. The number of nitrogens with two attached hydrogens (primary N) is 2. The zero-order valence-electron chi connectivity index (χ0n) is 28.0. The van der Waals surface area contributed by atoms with E-state index in [-0.39, 0.29) is 25.9 Å². The van der Waals surface area contributed by atoms with Crippen LogP contribution >= 0.6 is 0 Å². The van der Waals surface area contributed by atoms with Crippen molar-refractivity contribution in [3.05, 3.63) is 0 Å². The molecule has 2 aliphatic heterocycles. The predicted molar refractivity (Wildman–Crippen MR) is 169 cm³/mol. The first kappa shape index (κ1) is 41.7. The predicted octanol–water partition coefficient (Wildman–Crippen LogP) is -6.67. The van der Waals surface area contributed by atoms with E-state index in [9.17, 15) is 58.8 Å². The number of carboxylic acids is 1. The van der Waals surface area contributed by atoms with Gasteiger partial charge in [0, 0.05) is 13.1 Å². The van der Waals surface area contributed by atoms with Gasteiger partial charge in [0.05, 0.1) is 31.3 Å². The number of likely N-dealkylation sites (tertiary alicyclic amines) is 2. The highest BCUT2D eigenvalue weighted by molar-refractivity contribution is 5.98. The monoisotopic (exact) mass is 716 g/mol. The number of nitrogens with zero attached hydrogens (tertiary/aromatic N) is 2. The average molecular weight is 717 g/mol. The van der Waals surface area contributed by atoms with E-state index in [1.807, 2.05) is 5.32 Å². The molecule has 2 heterocycles. The molecule has 0 radical (unpaired) electrons. The van der Waals surface area contributed by atoms with Crippen LogP contribution in [0.5, 0.6) is 0 Å². The third-order valence-electron chi connectivity index (χ3n) is 8.39. The summed E-state index contributed by atoms with van der Waals surface area (Å²) in [6.45, 7) is 2.90. The summed E-state index contributed by atoms with van der Waals surface area (Å²) in [7, 11) is 0. The zero-order chi connectivity index (χ0) is 38.0. The number of rotatable bonds is 17. The summed E-state index contributed by atoms with van der Waals surface area (Å²) in [5.41, 5.74) is 10.8. The Bertz CT molecular complexity index is 1300. The minimum Gasteiger partial charge on any atom is -0.480 e. The van der Waals surface area contributed by atoms with Crippen LogP contribution in [0.4, 0.5) is 0 Å². The number of primary amides is 1. The summed E-state index contributed by atoms with van der Waals surface area (Å²) < 4.78 is 0. The van der Waals surface area contributed by atoms with E-state index in [4.69, 9.17) is 16.6 Å². The molecule has 0 aromatic carbocycles. The summed E-state index contributed by atoms with van der Waals surface area (Å²) in [5.74, 6) is -8.16. The number of carbonyl (C=O) groups excluding carboxylic acids is 7. The standard InChI is InChI=1S/C29H48N8O13/c1-12(39)20(26(46)35-22(14(3)41)29(49)50)33-24(44)16(10-19(31)42)32-25(45)17-6-4-8-36(17)27(47)18-7-5-9-37(18)28(48)21(13(2)40)34-23(43)15(30)11-38/h12-18,20-22,38-41H,4-11,30H2,1-3H3,(H2,31,42)(H,32,45)(H,33,44)(H,34,43)(H,35,46)(H,49,50)/t12-,13-,14-,15+,16+,17+,18+,20+,21+,22+/m1/s1. The molecule has 282 valence electrons. The maximum absolute atomic E-state index is 13.8. The van der Waals surface area contributed by atoms with Gasteiger partial charge in [-0.3, -0.25) is 33.6 Å². The van der Waals surface area contributed by atoms with Gasteiger partial charge in [0.25, 0.3) is 0 Å². The molecule has 0 aromatic rings. The summed E-state index contributed by atoms with van der Waals surface area (Å²) in [6.07, 6.45) is -4.28. The van der Waals surface area contributed by atoms with E-state index in [0.29, 0.717) is 12.8 Å². The van der Waals surface area contributed by atoms with Gasteiger partial charge in [0.1, 0.15) is 36.3 Å². The van der Waals surface area contributed by atoms with E-state index in [0.717, 1.165) is 13.8 Å². The van der Waals surface area contributed by atoms with Crippen molar-refractivity contribution < 1.29 is 63.9 Å². The Labute approximate surface area is 287 Å². The zero-order valence-corrected chi connectivity index (χ0v) is 28.0. The molecule has 2 saturated heterocycles. The molecule has 7 amide bonds. The van der Waals surface area contributed by atoms with Gasteiger partial charge in [0.2, 0.25) is 41.4 Å². The van der Waals surface area contributed by atoms with Gasteiger partial charge >= 0.3 is 5.97 Å². The number of aliphatic hydroxyl groups excluding tert-OH is 4. The molecule has 2 fully saturated rings. The molecule has 0 aliphatic carbocycles. The van der Waals surface area contributed by atoms with Crippen LogP contribution in [0.25, 0.3) is 0 Å². The lowest BCUT2D eigenvalue weighted by Crippen LogP contribution is -2.62. The third-order valence-corrected chi connectivity index (χ3v) is 8.39. The maximum Gasteiger partial charge on any atom is 0.328 e. The highest BCUT2D eigenvalue weighted by Crippen LogP contribution is 2.26. The van der Waals surface area contributed by atoms with Gasteiger partial charge in [-0.15, -0.1) is 0 Å². The number of aliphatic carboxylic acids is 1. The summed E-state index contributed by atoms with van der Waals surface area (Å²) >= 11 is 0. The normalized spacial score (nSPS) is 22.2. The van der Waals surface area contributed by atoms with Crippen LogP contribution in [0, 0.1) is 0 Å². The lowest BCUT2D eigenvalue weighted by atomic mass is 10.1. The summed E-state index contributed by atoms with van der Waals surface area (Å²) in [4.78, 5) is 105. The SMILES string of the molecule is C[C@@H](O)[C@H](NC(=O)[C@@H](NC(=O)[C@H](CC(N)=O)NC(=O)[C@@H]1CCCN1C(=O)[C@@H]1CCCN1C(=O)[C@@H](NC(=O)[C@@H](N)CO)[C@@H](C)O)[C@@H](C)O)C(=O)O. The Hall–Kier alpha value is -4.44. The number of nitrogens with one attached hydrogen (secondary N) is 4. The van der Waals surface area contributed by atoms with Crippen molar-refractivity contribution in [3.63, 3.8) is 0 Å². The van der Waals surface area contributed by atoms with Gasteiger partial charge < -0.3 is 68.1 Å². The van der Waals surface area contributed by atoms with Crippen molar-refractivity contribution in [3.8, 4) is 0 Å². The van der Waals surface area contributed by atoms with Crippen LogP contribution in [0.15, 0.2) is 0 Å². The lowest BCUT2D eigenvalue weighted by molar-refractivity contribution is -0.149. The minimum absolute atomic E-state index is 0.0857. The van der Waals surface area contributed by atoms with Crippen LogP contribution in [0.1, 0.15) is 52.9 Å². The van der Waals surface area contributed by atoms with Gasteiger partial charge in [-0.2, -0.15) is 0 Å². The Morgan fingerprint density at radius 3 is 1.72 bits per heavy atom. The minimum atomic E-state index is -1.79. The third kappa shape index (κ3) is 10.8. The van der Waals surface area contributed by atoms with E-state index in [2.05, 4.69) is 16.0 Å². The van der Waals surface area contributed by atoms with Crippen molar-refractivity contribution in [2.75, 3.05) is 19.7 Å². The smallest absolute Gasteiger partial charge is 0.328 e. The van der Waals surface area contributed by atoms with Crippen molar-refractivity contribution >= 4 is 47.3 Å². The van der Waals surface area contributed by atoms with Crippen molar-refractivity contribution in [2.24, 2.45) is 11.5 Å². The average Bonchev–Trinajstić information content (AvgIpc) is 3.73. The number of aliphatic hydroxyl groups is 4. The van der Waals surface area contributed by atoms with Crippen LogP contribution in [-0.4, -0.2) is 163 Å². The Morgan fingerprint density at radius 2 is 1.22 bits per heavy atom. The molecule has 13 N–H and O–H groups in total. The highest BCUT2D eigenvalue weighted by Gasteiger charge is 2.45. The van der Waals surface area contributed by atoms with E-state index >= 15 is 0 Å². The van der Waals surface area contributed by atoms with Gasteiger partial charge in [0.15, 0.2) is 6.04 Å². The van der Waals surface area contributed by atoms with Crippen LogP contribution < -0.4 is 32.7 Å². The second-order valence-electron chi connectivity index (χ2n) is 12.4. The quantitative estimate of drug-likeness (QED) is 0.0667. The van der Waals surface area contributed by atoms with Crippen LogP contribution in [-0.2, 0) is 38.4 Å². The molecule has 0 bridgehead atoms. The Morgan fingerprint density at radius 1 is 0.720 bits per heavy atom. The Balaban J connectivity index is 2.22. The first-order chi connectivity index (χ1) is 23.3. The molecule has 21 nitrogen and oxygen atoms in total. The molecule has 0 saturated carbocycles. The molecule has 0 unspecified atom stereocenters. The summed E-state index contributed by atoms with van der Waals surface area (Å²) in [6, 6.07) is -10.4. The number of amides is 7. The topological polar surface area (TPSA) is 344 Å². The maximum atomic E-state index is 13.8. The van der Waals surface area contributed by atoms with Gasteiger partial charge in [-0.25, -0.2) is 4.79 Å². The summed E-state index contributed by atoms with van der Waals surface area (Å²) in [5, 5.41) is 57.2. The van der Waals surface area contributed by atoms with Crippen LogP contribution in [0.3, 0.4) is 0 Å². The number of hydrogen-bond acceptors (Lipinski definition) is 13. The highest BCUT2D eigenvalue weighted by atomic mass is 16.4. The van der Waals surface area contributed by atoms with E-state index < -0.39 is 121 Å². The molecule has 0 aromatic heterocycles. The fourth-order valence-electron chi connectivity index (χ4n) is 5.66. The Kier molecular flexibility index (Phi) is 15.5. The van der Waals surface area contributed by atoms with E-state index in [1.54, 1.807) is 0 Å². The van der Waals surface area contributed by atoms with Crippen LogP contribution in [0.2, 0.25) is 0 Å². The van der Waals surface area contributed by atoms with Crippen molar-refractivity contribution in [1.82, 2.24) is 31.1 Å². The fourth-order valence-corrected chi connectivity index (χ4v) is 5.66. The number of hydrogen-bond donors (Lipinski definition) is 11. The first-order valence-electron chi connectivity index (χ1n) is 16.1. The number of carboxylic acid groups (broad SMARTS) is 1. The molecule has 10 atom stereocenters. The van der Waals surface area contributed by atoms with Gasteiger partial charge in [-0.1, -0.05) is 0 Å². The molecule has 0 spiro atoms. The largest absolute Gasteiger partial charge is 0.480 e. The van der Waals surface area contributed by atoms with Crippen molar-refractivity contribution in [1.29, 1.82) is 0 Å². The molecule has 50 heavy (non-hydrogen) atoms. The lowest BCUT2D eigenvalue weighted by Gasteiger charge is -2.34.